The lowest BCUT2D eigenvalue weighted by Crippen LogP contribution is -2.38. The molecule has 8 heteroatoms. The van der Waals surface area contributed by atoms with Gasteiger partial charge in [0.05, 0.1) is 22.7 Å². The molecule has 0 bridgehead atoms. The van der Waals surface area contributed by atoms with Crippen molar-refractivity contribution in [3.05, 3.63) is 58.9 Å². The van der Waals surface area contributed by atoms with Crippen LogP contribution in [0.3, 0.4) is 0 Å². The van der Waals surface area contributed by atoms with Gasteiger partial charge in [-0.15, -0.1) is 0 Å². The predicted octanol–water partition coefficient (Wildman–Crippen LogP) is 4.02. The van der Waals surface area contributed by atoms with Crippen LogP contribution in [0.2, 0.25) is 0 Å². The van der Waals surface area contributed by atoms with Crippen molar-refractivity contribution in [1.82, 2.24) is 14.9 Å². The topological polar surface area (TPSA) is 82.5 Å². The van der Waals surface area contributed by atoms with Gasteiger partial charge < -0.3 is 14.8 Å². The van der Waals surface area contributed by atoms with E-state index in [0.29, 0.717) is 47.1 Å². The Balaban J connectivity index is 1.63. The van der Waals surface area contributed by atoms with Crippen LogP contribution < -0.4 is 20.3 Å². The van der Waals surface area contributed by atoms with Crippen LogP contribution in [-0.4, -0.2) is 40.0 Å². The molecule has 0 saturated carbocycles. The van der Waals surface area contributed by atoms with Gasteiger partial charge in [-0.05, 0) is 37.1 Å². The van der Waals surface area contributed by atoms with Crippen molar-refractivity contribution in [3.63, 3.8) is 0 Å². The van der Waals surface area contributed by atoms with Gasteiger partial charge in [-0.2, -0.15) is 0 Å². The summed E-state index contributed by atoms with van der Waals surface area (Å²) in [5.41, 5.74) is 0.473. The van der Waals surface area contributed by atoms with E-state index < -0.39 is 0 Å². The van der Waals surface area contributed by atoms with Crippen LogP contribution in [-0.2, 0) is 11.3 Å². The Morgan fingerprint density at radius 2 is 1.94 bits per heavy atom. The number of aromatic nitrogens is 2. The molecule has 2 aromatic carbocycles. The minimum absolute atomic E-state index is 0.0314. The lowest BCUT2D eigenvalue weighted by molar-refractivity contribution is -0.120. The van der Waals surface area contributed by atoms with Crippen molar-refractivity contribution < 1.29 is 14.3 Å². The first-order chi connectivity index (χ1) is 16.1. The monoisotopic (exact) mass is 467 g/mol. The summed E-state index contributed by atoms with van der Waals surface area (Å²) in [6, 6.07) is 14.8. The minimum Gasteiger partial charge on any atom is -0.486 e. The number of benzene rings is 2. The maximum atomic E-state index is 13.4. The zero-order chi connectivity index (χ0) is 23.2. The molecule has 0 radical (unpaired) electrons. The molecule has 7 nitrogen and oxygen atoms in total. The first kappa shape index (κ1) is 23.2. The van der Waals surface area contributed by atoms with E-state index in [1.165, 1.54) is 11.8 Å². The summed E-state index contributed by atoms with van der Waals surface area (Å²) in [7, 11) is 0. The second-order valence-electron chi connectivity index (χ2n) is 7.98. The molecule has 1 aliphatic heterocycles. The number of thioether (sulfide) groups is 1. The van der Waals surface area contributed by atoms with Gasteiger partial charge >= 0.3 is 0 Å². The van der Waals surface area contributed by atoms with Crippen molar-refractivity contribution >= 4 is 28.6 Å². The molecule has 1 N–H and O–H groups in total. The van der Waals surface area contributed by atoms with Crippen LogP contribution in [0.15, 0.2) is 58.5 Å². The fraction of sp³-hybridized carbons (Fsp3) is 0.400. The fourth-order valence-electron chi connectivity index (χ4n) is 3.71. The number of hydrogen-bond acceptors (Lipinski definition) is 6. The first-order valence-corrected chi connectivity index (χ1v) is 12.3. The number of ether oxygens (including phenoxy) is 2. The summed E-state index contributed by atoms with van der Waals surface area (Å²) in [6.45, 7) is 5.31. The average Bonchev–Trinajstić information content (AvgIpc) is 2.84. The van der Waals surface area contributed by atoms with Gasteiger partial charge in [0.1, 0.15) is 6.61 Å². The third-order valence-corrected chi connectivity index (χ3v) is 6.88. The number of nitrogens with one attached hydrogen (secondary N) is 1. The third-order valence-electron chi connectivity index (χ3n) is 5.52. The van der Waals surface area contributed by atoms with Gasteiger partial charge in [-0.3, -0.25) is 14.2 Å². The van der Waals surface area contributed by atoms with Gasteiger partial charge in [0.2, 0.25) is 5.91 Å². The second-order valence-corrected chi connectivity index (χ2v) is 9.15. The molecule has 0 unspecified atom stereocenters. The fourth-order valence-corrected chi connectivity index (χ4v) is 4.75. The van der Waals surface area contributed by atoms with Crippen LogP contribution in [0.4, 0.5) is 0 Å². The number of rotatable bonds is 9. The predicted molar refractivity (Wildman–Crippen MR) is 130 cm³/mol. The first-order valence-electron chi connectivity index (χ1n) is 11.4. The molecule has 0 aliphatic carbocycles. The van der Waals surface area contributed by atoms with E-state index >= 15 is 0 Å². The minimum atomic E-state index is -0.349. The standard InChI is InChI=1S/C25H29N3O4S/c1-3-5-14-26-23(29)22(4-2)33-25-27-19-11-7-6-10-18(19)24(30)28(25)15-17-16-31-20-12-8-9-13-21(20)32-17/h6-13,17,22H,3-5,14-16H2,1-2H3,(H,26,29)/t17-,22+/m1/s1. The number of fused-ring (bicyclic) bond motifs is 2. The normalized spacial score (nSPS) is 15.9. The van der Waals surface area contributed by atoms with E-state index in [0.717, 1.165) is 12.8 Å². The molecule has 3 aromatic rings. The van der Waals surface area contributed by atoms with Gasteiger partial charge in [-0.1, -0.05) is 56.3 Å². The summed E-state index contributed by atoms with van der Waals surface area (Å²) in [5.74, 6) is 1.32. The Bertz CT molecular complexity index is 1180. The molecular weight excluding hydrogens is 438 g/mol. The quantitative estimate of drug-likeness (QED) is 0.291. The Hall–Kier alpha value is -3.00. The highest BCUT2D eigenvalue weighted by molar-refractivity contribution is 8.00. The molecule has 4 rings (SSSR count). The summed E-state index contributed by atoms with van der Waals surface area (Å²) < 4.78 is 13.6. The van der Waals surface area contributed by atoms with Crippen molar-refractivity contribution in [1.29, 1.82) is 0 Å². The molecule has 2 heterocycles. The van der Waals surface area contributed by atoms with E-state index in [4.69, 9.17) is 14.5 Å². The van der Waals surface area contributed by atoms with E-state index in [9.17, 15) is 9.59 Å². The number of unbranched alkanes of at least 4 members (excludes halogenated alkanes) is 1. The number of carbonyl (C=O) groups is 1. The van der Waals surface area contributed by atoms with Crippen molar-refractivity contribution in [2.45, 2.75) is 56.2 Å². The number of para-hydroxylation sites is 3. The maximum absolute atomic E-state index is 13.4. The Morgan fingerprint density at radius 1 is 1.18 bits per heavy atom. The van der Waals surface area contributed by atoms with Crippen LogP contribution in [0.25, 0.3) is 10.9 Å². The molecular formula is C25H29N3O4S. The molecule has 1 aromatic heterocycles. The molecule has 174 valence electrons. The van der Waals surface area contributed by atoms with Crippen molar-refractivity contribution in [2.24, 2.45) is 0 Å². The Kier molecular flexibility index (Phi) is 7.54. The van der Waals surface area contributed by atoms with Gasteiger partial charge in [-0.25, -0.2) is 4.98 Å². The average molecular weight is 468 g/mol. The summed E-state index contributed by atoms with van der Waals surface area (Å²) >= 11 is 1.33. The molecule has 0 spiro atoms. The maximum Gasteiger partial charge on any atom is 0.262 e. The highest BCUT2D eigenvalue weighted by Gasteiger charge is 2.26. The Labute approximate surface area is 197 Å². The zero-order valence-electron chi connectivity index (χ0n) is 19.0. The number of hydrogen-bond donors (Lipinski definition) is 1. The molecule has 0 saturated heterocycles. The van der Waals surface area contributed by atoms with Crippen LogP contribution in [0.5, 0.6) is 11.5 Å². The van der Waals surface area contributed by atoms with Gasteiger partial charge in [0.15, 0.2) is 22.8 Å². The van der Waals surface area contributed by atoms with Gasteiger partial charge in [0.25, 0.3) is 5.56 Å². The highest BCUT2D eigenvalue weighted by atomic mass is 32.2. The number of amides is 1. The summed E-state index contributed by atoms with van der Waals surface area (Å²) in [5, 5.41) is 3.71. The number of nitrogens with zero attached hydrogens (tertiary/aromatic N) is 2. The van der Waals surface area contributed by atoms with E-state index in [1.54, 1.807) is 10.6 Å². The summed E-state index contributed by atoms with van der Waals surface area (Å²) in [6.07, 6.45) is 2.23. The molecule has 0 fully saturated rings. The SMILES string of the molecule is CCCCNC(=O)[C@H](CC)Sc1nc2ccccc2c(=O)n1C[C@@H]1COc2ccccc2O1. The van der Waals surface area contributed by atoms with Crippen LogP contribution in [0, 0.1) is 0 Å². The highest BCUT2D eigenvalue weighted by Crippen LogP contribution is 2.32. The van der Waals surface area contributed by atoms with Crippen molar-refractivity contribution in [3.8, 4) is 11.5 Å². The summed E-state index contributed by atoms with van der Waals surface area (Å²) in [4.78, 5) is 30.9. The second kappa shape index (κ2) is 10.7. The lowest BCUT2D eigenvalue weighted by Gasteiger charge is -2.27. The lowest BCUT2D eigenvalue weighted by atomic mass is 10.2. The van der Waals surface area contributed by atoms with E-state index in [-0.39, 0.29) is 29.4 Å². The molecule has 1 amide bonds. The van der Waals surface area contributed by atoms with Crippen molar-refractivity contribution in [2.75, 3.05) is 13.2 Å². The zero-order valence-corrected chi connectivity index (χ0v) is 19.8. The number of carbonyl (C=O) groups excluding carboxylic acids is 1. The van der Waals surface area contributed by atoms with Gasteiger partial charge in [0, 0.05) is 6.54 Å². The smallest absolute Gasteiger partial charge is 0.262 e. The van der Waals surface area contributed by atoms with E-state index in [1.807, 2.05) is 49.4 Å². The Morgan fingerprint density at radius 3 is 2.73 bits per heavy atom. The molecule has 2 atom stereocenters. The van der Waals surface area contributed by atoms with Crippen LogP contribution in [0.1, 0.15) is 33.1 Å². The third kappa shape index (κ3) is 5.33. The molecule has 33 heavy (non-hydrogen) atoms. The largest absolute Gasteiger partial charge is 0.486 e. The van der Waals surface area contributed by atoms with Crippen LogP contribution >= 0.6 is 11.8 Å². The van der Waals surface area contributed by atoms with E-state index in [2.05, 4.69) is 12.2 Å². The molecule has 1 aliphatic rings.